The molecule has 2 aliphatic carbocycles. The van der Waals surface area contributed by atoms with Crippen molar-refractivity contribution in [1.82, 2.24) is 5.32 Å². The van der Waals surface area contributed by atoms with Gasteiger partial charge in [-0.3, -0.25) is 0 Å². The Balaban J connectivity index is 1.61. The number of nitrogens with one attached hydrogen (secondary N) is 1. The summed E-state index contributed by atoms with van der Waals surface area (Å²) in [5.41, 5.74) is 0. The van der Waals surface area contributed by atoms with Crippen LogP contribution in [-0.2, 0) is 0 Å². The minimum atomic E-state index is 0.807. The van der Waals surface area contributed by atoms with Gasteiger partial charge >= 0.3 is 0 Å². The monoisotopic (exact) mass is 211 g/mol. The van der Waals surface area contributed by atoms with Crippen LogP contribution in [0.3, 0.4) is 0 Å². The summed E-state index contributed by atoms with van der Waals surface area (Å²) in [6.07, 6.45) is 6.15. The zero-order chi connectivity index (χ0) is 9.54. The minimum Gasteiger partial charge on any atom is -0.305 e. The molecule has 0 aromatic rings. The van der Waals surface area contributed by atoms with Crippen molar-refractivity contribution in [2.24, 2.45) is 23.7 Å². The average Bonchev–Trinajstić information content (AvgIpc) is 2.80. The Hall–Kier alpha value is 0.310. The molecule has 3 rings (SSSR count). The molecule has 3 aliphatic rings. The maximum atomic E-state index is 3.76. The first-order chi connectivity index (χ1) is 6.83. The van der Waals surface area contributed by atoms with Gasteiger partial charge in [0.05, 0.1) is 5.37 Å². The lowest BCUT2D eigenvalue weighted by Gasteiger charge is -2.35. The molecular formula is C12H21NS. The average molecular weight is 211 g/mol. The molecule has 2 bridgehead atoms. The summed E-state index contributed by atoms with van der Waals surface area (Å²) in [5, 5.41) is 4.57. The quantitative estimate of drug-likeness (QED) is 0.716. The van der Waals surface area contributed by atoms with Gasteiger partial charge in [-0.2, -0.15) is 0 Å². The van der Waals surface area contributed by atoms with E-state index >= 15 is 0 Å². The van der Waals surface area contributed by atoms with E-state index in [9.17, 15) is 0 Å². The summed E-state index contributed by atoms with van der Waals surface area (Å²) >= 11 is 2.20. The molecule has 14 heavy (non-hydrogen) atoms. The van der Waals surface area contributed by atoms with Crippen molar-refractivity contribution >= 4 is 11.8 Å². The summed E-state index contributed by atoms with van der Waals surface area (Å²) in [7, 11) is 0. The summed E-state index contributed by atoms with van der Waals surface area (Å²) in [6.45, 7) is 3.61. The van der Waals surface area contributed by atoms with Crippen molar-refractivity contribution in [2.75, 3.05) is 12.3 Å². The Bertz CT molecular complexity index is 210. The van der Waals surface area contributed by atoms with Crippen molar-refractivity contribution in [2.45, 2.75) is 38.0 Å². The molecule has 0 aromatic heterocycles. The fraction of sp³-hybridized carbons (Fsp3) is 1.00. The van der Waals surface area contributed by atoms with Crippen LogP contribution in [0, 0.1) is 23.7 Å². The molecule has 1 saturated heterocycles. The molecule has 1 heterocycles. The fourth-order valence-electron chi connectivity index (χ4n) is 3.64. The van der Waals surface area contributed by atoms with Gasteiger partial charge in [-0.15, -0.1) is 11.8 Å². The van der Waals surface area contributed by atoms with Crippen LogP contribution < -0.4 is 5.32 Å². The molecular weight excluding hydrogens is 190 g/mol. The second kappa shape index (κ2) is 3.71. The first kappa shape index (κ1) is 9.53. The van der Waals surface area contributed by atoms with Gasteiger partial charge in [0.25, 0.3) is 0 Å². The molecule has 1 aliphatic heterocycles. The van der Waals surface area contributed by atoms with Crippen molar-refractivity contribution < 1.29 is 0 Å². The smallest absolute Gasteiger partial charge is 0.0563 e. The molecule has 2 saturated carbocycles. The predicted molar refractivity (Wildman–Crippen MR) is 62.4 cm³/mol. The van der Waals surface area contributed by atoms with Crippen LogP contribution in [0.2, 0.25) is 0 Å². The molecule has 80 valence electrons. The maximum Gasteiger partial charge on any atom is 0.0563 e. The van der Waals surface area contributed by atoms with Crippen molar-refractivity contribution in [3.63, 3.8) is 0 Å². The van der Waals surface area contributed by atoms with E-state index in [1.54, 1.807) is 6.42 Å². The maximum absolute atomic E-state index is 3.76. The van der Waals surface area contributed by atoms with Crippen molar-refractivity contribution in [1.29, 1.82) is 0 Å². The van der Waals surface area contributed by atoms with Crippen LogP contribution in [0.1, 0.15) is 32.6 Å². The predicted octanol–water partition coefficient (Wildman–Crippen LogP) is 2.72. The van der Waals surface area contributed by atoms with Gasteiger partial charge in [0, 0.05) is 0 Å². The summed E-state index contributed by atoms with van der Waals surface area (Å²) in [4.78, 5) is 0. The van der Waals surface area contributed by atoms with E-state index in [4.69, 9.17) is 0 Å². The lowest BCUT2D eigenvalue weighted by molar-refractivity contribution is 0.291. The van der Waals surface area contributed by atoms with E-state index in [1.807, 2.05) is 0 Å². The number of hydrogen-bond acceptors (Lipinski definition) is 2. The topological polar surface area (TPSA) is 12.0 Å². The molecule has 0 spiro atoms. The Morgan fingerprint density at radius 2 is 2.14 bits per heavy atom. The molecule has 5 atom stereocenters. The first-order valence-electron chi connectivity index (χ1n) is 6.18. The van der Waals surface area contributed by atoms with E-state index < -0.39 is 0 Å². The SMILES string of the molecule is CC1CNC(C2CC3CCC2C3)SC1. The highest BCUT2D eigenvalue weighted by atomic mass is 32.2. The highest BCUT2D eigenvalue weighted by Gasteiger charge is 2.43. The Morgan fingerprint density at radius 3 is 2.71 bits per heavy atom. The highest BCUT2D eigenvalue weighted by Crippen LogP contribution is 2.51. The summed E-state index contributed by atoms with van der Waals surface area (Å²) in [6, 6.07) is 0. The number of rotatable bonds is 1. The van der Waals surface area contributed by atoms with Crippen LogP contribution in [0.25, 0.3) is 0 Å². The third-order valence-electron chi connectivity index (χ3n) is 4.41. The van der Waals surface area contributed by atoms with Crippen LogP contribution >= 0.6 is 11.8 Å². The fourth-order valence-corrected chi connectivity index (χ4v) is 5.09. The van der Waals surface area contributed by atoms with Crippen molar-refractivity contribution in [3.8, 4) is 0 Å². The standard InChI is InChI=1S/C12H21NS/c1-8-6-13-12(14-7-8)11-5-9-2-3-10(11)4-9/h8-13H,2-7H2,1H3. The van der Waals surface area contributed by atoms with E-state index in [-0.39, 0.29) is 0 Å². The lowest BCUT2D eigenvalue weighted by Crippen LogP contribution is -2.42. The van der Waals surface area contributed by atoms with E-state index in [2.05, 4.69) is 24.0 Å². The Kier molecular flexibility index (Phi) is 2.53. The van der Waals surface area contributed by atoms with E-state index in [0.29, 0.717) is 0 Å². The van der Waals surface area contributed by atoms with Crippen LogP contribution in [-0.4, -0.2) is 17.7 Å². The third kappa shape index (κ3) is 1.61. The summed E-state index contributed by atoms with van der Waals surface area (Å²) in [5.74, 6) is 5.47. The zero-order valence-corrected chi connectivity index (χ0v) is 9.85. The largest absolute Gasteiger partial charge is 0.305 e. The van der Waals surface area contributed by atoms with Gasteiger partial charge < -0.3 is 5.32 Å². The second-order valence-electron chi connectivity index (χ2n) is 5.61. The van der Waals surface area contributed by atoms with Gasteiger partial charge in [0.1, 0.15) is 0 Å². The molecule has 1 nitrogen and oxygen atoms in total. The number of hydrogen-bond donors (Lipinski definition) is 1. The molecule has 0 amide bonds. The molecule has 3 fully saturated rings. The minimum absolute atomic E-state index is 0.807. The third-order valence-corrected chi connectivity index (χ3v) is 6.05. The number of thioether (sulfide) groups is 1. The van der Waals surface area contributed by atoms with Crippen LogP contribution in [0.5, 0.6) is 0 Å². The first-order valence-corrected chi connectivity index (χ1v) is 7.23. The lowest BCUT2D eigenvalue weighted by atomic mass is 9.88. The van der Waals surface area contributed by atoms with Gasteiger partial charge in [-0.05, 0) is 55.2 Å². The van der Waals surface area contributed by atoms with Gasteiger partial charge in [-0.1, -0.05) is 13.3 Å². The summed E-state index contributed by atoms with van der Waals surface area (Å²) < 4.78 is 0. The zero-order valence-electron chi connectivity index (χ0n) is 9.04. The molecule has 0 aromatic carbocycles. The van der Waals surface area contributed by atoms with Gasteiger partial charge in [0.15, 0.2) is 0 Å². The highest BCUT2D eigenvalue weighted by molar-refractivity contribution is 7.99. The number of fused-ring (bicyclic) bond motifs is 2. The Morgan fingerprint density at radius 1 is 1.21 bits per heavy atom. The second-order valence-corrected chi connectivity index (χ2v) is 6.78. The molecule has 0 radical (unpaired) electrons. The van der Waals surface area contributed by atoms with E-state index in [0.717, 1.165) is 29.0 Å². The van der Waals surface area contributed by atoms with E-state index in [1.165, 1.54) is 31.6 Å². The van der Waals surface area contributed by atoms with Crippen LogP contribution in [0.4, 0.5) is 0 Å². The van der Waals surface area contributed by atoms with Gasteiger partial charge in [-0.25, -0.2) is 0 Å². The normalized spacial score (nSPS) is 52.5. The molecule has 5 unspecified atom stereocenters. The molecule has 1 N–H and O–H groups in total. The molecule has 2 heteroatoms. The van der Waals surface area contributed by atoms with Crippen molar-refractivity contribution in [3.05, 3.63) is 0 Å². The van der Waals surface area contributed by atoms with Gasteiger partial charge in [0.2, 0.25) is 0 Å². The Labute approximate surface area is 91.4 Å². The van der Waals surface area contributed by atoms with Crippen LogP contribution in [0.15, 0.2) is 0 Å².